The van der Waals surface area contributed by atoms with Crippen LogP contribution in [0.2, 0.25) is 0 Å². The van der Waals surface area contributed by atoms with Gasteiger partial charge in [-0.25, -0.2) is 0 Å². The lowest BCUT2D eigenvalue weighted by Crippen LogP contribution is -2.37. The summed E-state index contributed by atoms with van der Waals surface area (Å²) in [5.74, 6) is 1.68. The van der Waals surface area contributed by atoms with Crippen LogP contribution in [0.3, 0.4) is 0 Å². The van der Waals surface area contributed by atoms with E-state index in [1.54, 1.807) is 14.2 Å². The summed E-state index contributed by atoms with van der Waals surface area (Å²) < 4.78 is 10.6. The first-order valence-corrected chi connectivity index (χ1v) is 8.98. The number of aliphatic imine (C=N–C) groups is 1. The normalized spacial score (nSPS) is 10.9. The molecular weight excluding hydrogens is 453 g/mol. The fourth-order valence-corrected chi connectivity index (χ4v) is 2.50. The molecular formula is C21H30IN3O2. The zero-order valence-corrected chi connectivity index (χ0v) is 18.7. The van der Waals surface area contributed by atoms with Gasteiger partial charge in [-0.1, -0.05) is 36.4 Å². The van der Waals surface area contributed by atoms with Crippen molar-refractivity contribution in [3.8, 4) is 5.75 Å². The maximum atomic E-state index is 5.42. The Balaban J connectivity index is 0.00000364. The molecule has 0 fully saturated rings. The van der Waals surface area contributed by atoms with E-state index in [9.17, 15) is 0 Å². The third kappa shape index (κ3) is 8.62. The van der Waals surface area contributed by atoms with E-state index in [0.717, 1.165) is 37.8 Å². The van der Waals surface area contributed by atoms with Crippen LogP contribution in [0.1, 0.15) is 23.6 Å². The van der Waals surface area contributed by atoms with Crippen LogP contribution in [-0.2, 0) is 24.3 Å². The number of methoxy groups -OCH3 is 1. The number of guanidine groups is 1. The Labute approximate surface area is 179 Å². The number of benzene rings is 2. The van der Waals surface area contributed by atoms with Crippen LogP contribution >= 0.6 is 24.0 Å². The van der Waals surface area contributed by atoms with Gasteiger partial charge in [0.25, 0.3) is 0 Å². The van der Waals surface area contributed by atoms with E-state index in [1.807, 2.05) is 19.1 Å². The molecule has 0 saturated carbocycles. The topological polar surface area (TPSA) is 54.9 Å². The summed E-state index contributed by atoms with van der Waals surface area (Å²) in [4.78, 5) is 4.27. The minimum Gasteiger partial charge on any atom is -0.497 e. The zero-order valence-electron chi connectivity index (χ0n) is 16.3. The molecule has 6 heteroatoms. The van der Waals surface area contributed by atoms with Gasteiger partial charge < -0.3 is 20.1 Å². The molecule has 0 heterocycles. The van der Waals surface area contributed by atoms with E-state index < -0.39 is 0 Å². The van der Waals surface area contributed by atoms with E-state index in [2.05, 4.69) is 52.0 Å². The molecule has 148 valence electrons. The van der Waals surface area contributed by atoms with Crippen molar-refractivity contribution in [1.29, 1.82) is 0 Å². The second-order valence-electron chi connectivity index (χ2n) is 5.90. The lowest BCUT2D eigenvalue weighted by molar-refractivity contribution is 0.134. The highest BCUT2D eigenvalue weighted by Gasteiger charge is 2.00. The minimum absolute atomic E-state index is 0. The first-order valence-electron chi connectivity index (χ1n) is 8.98. The van der Waals surface area contributed by atoms with Crippen molar-refractivity contribution in [2.75, 3.05) is 27.3 Å². The Bertz CT molecular complexity index is 673. The van der Waals surface area contributed by atoms with E-state index in [0.29, 0.717) is 6.61 Å². The highest BCUT2D eigenvalue weighted by molar-refractivity contribution is 14.0. The molecule has 2 N–H and O–H groups in total. The van der Waals surface area contributed by atoms with Crippen LogP contribution < -0.4 is 15.4 Å². The van der Waals surface area contributed by atoms with Crippen LogP contribution in [0.4, 0.5) is 0 Å². The number of rotatable bonds is 9. The van der Waals surface area contributed by atoms with Crippen molar-refractivity contribution in [2.24, 2.45) is 4.99 Å². The Kier molecular flexibility index (Phi) is 11.5. The molecule has 2 aromatic carbocycles. The van der Waals surface area contributed by atoms with Crippen LogP contribution in [0.25, 0.3) is 0 Å². The lowest BCUT2D eigenvalue weighted by Gasteiger charge is -2.12. The van der Waals surface area contributed by atoms with E-state index in [-0.39, 0.29) is 24.0 Å². The highest BCUT2D eigenvalue weighted by Crippen LogP contribution is 2.11. The molecule has 0 unspecified atom stereocenters. The molecule has 2 rings (SSSR count). The third-order valence-corrected chi connectivity index (χ3v) is 4.04. The van der Waals surface area contributed by atoms with Crippen LogP contribution in [0.5, 0.6) is 5.75 Å². The first-order chi connectivity index (χ1) is 12.7. The molecule has 27 heavy (non-hydrogen) atoms. The summed E-state index contributed by atoms with van der Waals surface area (Å²) >= 11 is 0. The number of halogens is 1. The summed E-state index contributed by atoms with van der Waals surface area (Å²) in [6.07, 6.45) is 0.927. The number of nitrogens with one attached hydrogen (secondary N) is 2. The molecule has 0 aliphatic rings. The smallest absolute Gasteiger partial charge is 0.191 e. The number of hydrogen-bond donors (Lipinski definition) is 2. The van der Waals surface area contributed by atoms with Gasteiger partial charge in [-0.05, 0) is 42.2 Å². The largest absolute Gasteiger partial charge is 0.497 e. The highest BCUT2D eigenvalue weighted by atomic mass is 127. The van der Waals surface area contributed by atoms with Crippen molar-refractivity contribution in [3.63, 3.8) is 0 Å². The van der Waals surface area contributed by atoms with Gasteiger partial charge in [0.1, 0.15) is 5.75 Å². The SMILES string of the molecule is CCOCc1ccc(CNC(=NC)NCCc2ccc(OC)cc2)cc1.I. The van der Waals surface area contributed by atoms with Crippen molar-refractivity contribution in [1.82, 2.24) is 10.6 Å². The third-order valence-electron chi connectivity index (χ3n) is 4.04. The maximum Gasteiger partial charge on any atom is 0.191 e. The summed E-state index contributed by atoms with van der Waals surface area (Å²) in [7, 11) is 3.46. The molecule has 0 amide bonds. The van der Waals surface area contributed by atoms with Crippen molar-refractivity contribution >= 4 is 29.9 Å². The summed E-state index contributed by atoms with van der Waals surface area (Å²) in [6, 6.07) is 16.6. The van der Waals surface area contributed by atoms with Gasteiger partial charge in [-0.3, -0.25) is 4.99 Å². The molecule has 0 radical (unpaired) electrons. The van der Waals surface area contributed by atoms with Crippen molar-refractivity contribution < 1.29 is 9.47 Å². The predicted molar refractivity (Wildman–Crippen MR) is 122 cm³/mol. The van der Waals surface area contributed by atoms with E-state index >= 15 is 0 Å². The fourth-order valence-electron chi connectivity index (χ4n) is 2.50. The number of ether oxygens (including phenoxy) is 2. The quantitative estimate of drug-likeness (QED) is 0.324. The Morgan fingerprint density at radius 1 is 0.926 bits per heavy atom. The van der Waals surface area contributed by atoms with Gasteiger partial charge in [0.05, 0.1) is 13.7 Å². The van der Waals surface area contributed by atoms with Crippen LogP contribution in [0.15, 0.2) is 53.5 Å². The van der Waals surface area contributed by atoms with E-state index in [4.69, 9.17) is 9.47 Å². The first kappa shape index (κ1) is 23.2. The molecule has 0 spiro atoms. The average Bonchev–Trinajstić information content (AvgIpc) is 2.70. The lowest BCUT2D eigenvalue weighted by atomic mass is 10.1. The second-order valence-corrected chi connectivity index (χ2v) is 5.90. The maximum absolute atomic E-state index is 5.42. The van der Waals surface area contributed by atoms with Gasteiger partial charge in [0.15, 0.2) is 5.96 Å². The van der Waals surface area contributed by atoms with Crippen molar-refractivity contribution in [2.45, 2.75) is 26.5 Å². The van der Waals surface area contributed by atoms with Gasteiger partial charge in [0, 0.05) is 26.7 Å². The van der Waals surface area contributed by atoms with Crippen LogP contribution in [-0.4, -0.2) is 33.3 Å². The Morgan fingerprint density at radius 3 is 2.15 bits per heavy atom. The summed E-state index contributed by atoms with van der Waals surface area (Å²) in [6.45, 7) is 4.96. The molecule has 2 aromatic rings. The molecule has 0 saturated heterocycles. The summed E-state index contributed by atoms with van der Waals surface area (Å²) in [5, 5.41) is 6.68. The van der Waals surface area contributed by atoms with Gasteiger partial charge in [0.2, 0.25) is 0 Å². The summed E-state index contributed by atoms with van der Waals surface area (Å²) in [5.41, 5.74) is 3.67. The van der Waals surface area contributed by atoms with Gasteiger partial charge >= 0.3 is 0 Å². The van der Waals surface area contributed by atoms with Crippen LogP contribution in [0, 0.1) is 0 Å². The second kappa shape index (κ2) is 13.4. The molecule has 5 nitrogen and oxygen atoms in total. The zero-order chi connectivity index (χ0) is 18.6. The standard InChI is InChI=1S/C21H29N3O2.HI/c1-4-26-16-19-7-5-18(6-8-19)15-24-21(22-2)23-14-13-17-9-11-20(25-3)12-10-17;/h5-12H,4,13-16H2,1-3H3,(H2,22,23,24);1H. The van der Waals surface area contributed by atoms with Gasteiger partial charge in [-0.2, -0.15) is 0 Å². The molecule has 0 aromatic heterocycles. The monoisotopic (exact) mass is 483 g/mol. The molecule has 0 aliphatic heterocycles. The number of hydrogen-bond acceptors (Lipinski definition) is 3. The average molecular weight is 483 g/mol. The fraction of sp³-hybridized carbons (Fsp3) is 0.381. The Morgan fingerprint density at radius 2 is 1.56 bits per heavy atom. The van der Waals surface area contributed by atoms with Gasteiger partial charge in [-0.15, -0.1) is 24.0 Å². The number of nitrogens with zero attached hydrogens (tertiary/aromatic N) is 1. The Hall–Kier alpha value is -1.80. The molecule has 0 bridgehead atoms. The molecule has 0 aliphatic carbocycles. The molecule has 0 atom stereocenters. The van der Waals surface area contributed by atoms with E-state index in [1.165, 1.54) is 16.7 Å². The predicted octanol–water partition coefficient (Wildman–Crippen LogP) is 3.76. The minimum atomic E-state index is 0. The van der Waals surface area contributed by atoms with Crippen molar-refractivity contribution in [3.05, 3.63) is 65.2 Å².